The van der Waals surface area contributed by atoms with Crippen molar-refractivity contribution < 1.29 is 19.8 Å². The Balaban J connectivity index is 0. The zero-order valence-corrected chi connectivity index (χ0v) is 18.5. The maximum atomic E-state index is 12.0. The van der Waals surface area contributed by atoms with E-state index in [1.54, 1.807) is 11.9 Å². The number of amides is 2. The van der Waals surface area contributed by atoms with Crippen LogP contribution in [0.4, 0.5) is 4.79 Å². The van der Waals surface area contributed by atoms with Crippen molar-refractivity contribution in [2.45, 2.75) is 71.1 Å². The van der Waals surface area contributed by atoms with Gasteiger partial charge in [0.1, 0.15) is 0 Å². The first kappa shape index (κ1) is 26.9. The predicted octanol–water partition coefficient (Wildman–Crippen LogP) is 2.96. The SMILES string of the molecule is CCCCCCCCCCCC(=O)N(C)CCN(CCO)C(=O)O.[Na]. The number of hydrogen-bond acceptors (Lipinski definition) is 3. The number of nitrogens with zero attached hydrogens (tertiary/aromatic N) is 2. The maximum absolute atomic E-state index is 12.0. The second kappa shape index (κ2) is 18.5. The van der Waals surface area contributed by atoms with E-state index >= 15 is 0 Å². The van der Waals surface area contributed by atoms with E-state index in [2.05, 4.69) is 6.92 Å². The number of carboxylic acid groups (broad SMARTS) is 1. The van der Waals surface area contributed by atoms with Crippen LogP contribution in [0.25, 0.3) is 0 Å². The summed E-state index contributed by atoms with van der Waals surface area (Å²) in [5.41, 5.74) is 0. The monoisotopic (exact) mass is 367 g/mol. The van der Waals surface area contributed by atoms with Crippen LogP contribution in [-0.2, 0) is 4.79 Å². The first-order chi connectivity index (χ1) is 11.5. The Morgan fingerprint density at radius 1 is 0.840 bits per heavy atom. The number of carbonyl (C=O) groups excluding carboxylic acids is 1. The van der Waals surface area contributed by atoms with Crippen LogP contribution in [0.3, 0.4) is 0 Å². The van der Waals surface area contributed by atoms with Crippen molar-refractivity contribution in [3.05, 3.63) is 0 Å². The van der Waals surface area contributed by atoms with Crippen molar-refractivity contribution in [3.63, 3.8) is 0 Å². The molecule has 0 aliphatic heterocycles. The summed E-state index contributed by atoms with van der Waals surface area (Å²) in [5.74, 6) is 0.0623. The summed E-state index contributed by atoms with van der Waals surface area (Å²) in [4.78, 5) is 25.6. The third-order valence-electron chi connectivity index (χ3n) is 4.27. The van der Waals surface area contributed by atoms with Gasteiger partial charge in [0, 0.05) is 62.7 Å². The molecule has 2 amide bonds. The Hall–Kier alpha value is -0.300. The van der Waals surface area contributed by atoms with E-state index in [0.29, 0.717) is 13.0 Å². The van der Waals surface area contributed by atoms with Crippen molar-refractivity contribution >= 4 is 41.6 Å². The Labute approximate surface area is 175 Å². The van der Waals surface area contributed by atoms with E-state index in [1.165, 1.54) is 44.9 Å². The van der Waals surface area contributed by atoms with Crippen LogP contribution in [0, 0.1) is 0 Å². The Bertz CT molecular complexity index is 343. The number of aliphatic hydroxyl groups is 1. The first-order valence-corrected chi connectivity index (χ1v) is 9.35. The fraction of sp³-hybridized carbons (Fsp3) is 0.889. The van der Waals surface area contributed by atoms with E-state index in [4.69, 9.17) is 10.2 Å². The molecule has 6 nitrogen and oxygen atoms in total. The molecule has 0 aromatic heterocycles. The first-order valence-electron chi connectivity index (χ1n) is 9.35. The molecule has 2 N–H and O–H groups in total. The normalized spacial score (nSPS) is 10.2. The van der Waals surface area contributed by atoms with Gasteiger partial charge in [-0.1, -0.05) is 58.3 Å². The molecule has 0 atom stereocenters. The van der Waals surface area contributed by atoms with Gasteiger partial charge in [-0.15, -0.1) is 0 Å². The van der Waals surface area contributed by atoms with Crippen molar-refractivity contribution in [3.8, 4) is 0 Å². The molecular formula is C18H36N2NaO4. The molecule has 0 saturated carbocycles. The molecule has 25 heavy (non-hydrogen) atoms. The van der Waals surface area contributed by atoms with Crippen LogP contribution in [-0.4, -0.2) is 94.9 Å². The Kier molecular flexibility index (Phi) is 19.9. The largest absolute Gasteiger partial charge is 0.465 e. The van der Waals surface area contributed by atoms with Gasteiger partial charge in [-0.25, -0.2) is 4.79 Å². The number of hydrogen-bond donors (Lipinski definition) is 2. The zero-order valence-electron chi connectivity index (χ0n) is 16.5. The average molecular weight is 367 g/mol. The maximum Gasteiger partial charge on any atom is 0.407 e. The van der Waals surface area contributed by atoms with Gasteiger partial charge in [0.05, 0.1) is 6.61 Å². The van der Waals surface area contributed by atoms with E-state index in [1.807, 2.05) is 0 Å². The molecule has 0 fully saturated rings. The molecule has 143 valence electrons. The van der Waals surface area contributed by atoms with E-state index in [0.717, 1.165) is 17.7 Å². The van der Waals surface area contributed by atoms with Crippen LogP contribution in [0.5, 0.6) is 0 Å². The number of carbonyl (C=O) groups is 2. The summed E-state index contributed by atoms with van der Waals surface area (Å²) in [5, 5.41) is 17.8. The molecule has 0 aliphatic carbocycles. The van der Waals surface area contributed by atoms with Gasteiger partial charge in [0.25, 0.3) is 0 Å². The molecule has 0 rings (SSSR count). The van der Waals surface area contributed by atoms with Gasteiger partial charge in [-0.3, -0.25) is 4.79 Å². The molecular weight excluding hydrogens is 331 g/mol. The number of aliphatic hydroxyl groups excluding tert-OH is 1. The summed E-state index contributed by atoms with van der Waals surface area (Å²) in [6, 6.07) is 0. The number of rotatable bonds is 15. The Morgan fingerprint density at radius 3 is 1.84 bits per heavy atom. The van der Waals surface area contributed by atoms with Crippen molar-refractivity contribution in [2.24, 2.45) is 0 Å². The molecule has 0 saturated heterocycles. The molecule has 0 aliphatic rings. The van der Waals surface area contributed by atoms with Crippen molar-refractivity contribution in [2.75, 3.05) is 33.3 Å². The zero-order chi connectivity index (χ0) is 18.2. The molecule has 1 radical (unpaired) electrons. The Morgan fingerprint density at radius 2 is 1.36 bits per heavy atom. The third kappa shape index (κ3) is 15.7. The minimum atomic E-state index is -1.07. The van der Waals surface area contributed by atoms with Crippen LogP contribution >= 0.6 is 0 Å². The van der Waals surface area contributed by atoms with Gasteiger partial charge in [0.15, 0.2) is 0 Å². The predicted molar refractivity (Wildman–Crippen MR) is 102 cm³/mol. The summed E-state index contributed by atoms with van der Waals surface area (Å²) < 4.78 is 0. The van der Waals surface area contributed by atoms with Crippen LogP contribution in [0.15, 0.2) is 0 Å². The minimum absolute atomic E-state index is 0. The van der Waals surface area contributed by atoms with Gasteiger partial charge >= 0.3 is 6.09 Å². The average Bonchev–Trinajstić information content (AvgIpc) is 2.56. The van der Waals surface area contributed by atoms with E-state index in [-0.39, 0.29) is 55.2 Å². The van der Waals surface area contributed by atoms with Gasteiger partial charge in [-0.05, 0) is 6.42 Å². The number of unbranched alkanes of at least 4 members (excludes halogenated alkanes) is 8. The summed E-state index contributed by atoms with van der Waals surface area (Å²) in [6.45, 7) is 2.69. The van der Waals surface area contributed by atoms with Gasteiger partial charge in [-0.2, -0.15) is 0 Å². The molecule has 0 unspecified atom stereocenters. The molecule has 7 heteroatoms. The van der Waals surface area contributed by atoms with E-state index < -0.39 is 6.09 Å². The molecule has 0 spiro atoms. The topological polar surface area (TPSA) is 81.1 Å². The van der Waals surface area contributed by atoms with Crippen LogP contribution < -0.4 is 0 Å². The van der Waals surface area contributed by atoms with Crippen molar-refractivity contribution in [1.82, 2.24) is 9.80 Å². The van der Waals surface area contributed by atoms with Gasteiger partial charge < -0.3 is 20.0 Å². The van der Waals surface area contributed by atoms with Crippen LogP contribution in [0.2, 0.25) is 0 Å². The molecule has 0 aromatic rings. The fourth-order valence-corrected chi connectivity index (χ4v) is 2.60. The second-order valence-electron chi connectivity index (χ2n) is 6.39. The van der Waals surface area contributed by atoms with E-state index in [9.17, 15) is 9.59 Å². The molecule has 0 heterocycles. The number of likely N-dealkylation sites (N-methyl/N-ethyl adjacent to an activating group) is 1. The second-order valence-corrected chi connectivity index (χ2v) is 6.39. The fourth-order valence-electron chi connectivity index (χ4n) is 2.60. The minimum Gasteiger partial charge on any atom is -0.465 e. The summed E-state index contributed by atoms with van der Waals surface area (Å²) in [7, 11) is 1.70. The van der Waals surface area contributed by atoms with Crippen molar-refractivity contribution in [1.29, 1.82) is 0 Å². The smallest absolute Gasteiger partial charge is 0.407 e. The van der Waals surface area contributed by atoms with Gasteiger partial charge in [0.2, 0.25) is 5.91 Å². The molecule has 0 bridgehead atoms. The van der Waals surface area contributed by atoms with Crippen LogP contribution in [0.1, 0.15) is 71.1 Å². The summed E-state index contributed by atoms with van der Waals surface area (Å²) in [6.07, 6.45) is 10.4. The summed E-state index contributed by atoms with van der Waals surface area (Å²) >= 11 is 0. The third-order valence-corrected chi connectivity index (χ3v) is 4.27. The molecule has 0 aromatic carbocycles. The quantitative estimate of drug-likeness (QED) is 0.344. The standard InChI is InChI=1S/C18H36N2O4.Na/c1-3-4-5-6-7-8-9-10-11-12-17(22)19(2)13-14-20(15-16-21)18(23)24;/h21H,3-16H2,1-2H3,(H,23,24);.